The summed E-state index contributed by atoms with van der Waals surface area (Å²) in [6.45, 7) is 2.00. The SMILES string of the molecule is N[C@@H]1CCCN(C(=O)CNI)C1. The van der Waals surface area contributed by atoms with Gasteiger partial charge < -0.3 is 10.6 Å². The summed E-state index contributed by atoms with van der Waals surface area (Å²) in [6, 6.07) is 0.178. The average Bonchev–Trinajstić information content (AvgIpc) is 2.05. The lowest BCUT2D eigenvalue weighted by Gasteiger charge is -2.30. The third-order valence-electron chi connectivity index (χ3n) is 2.03. The van der Waals surface area contributed by atoms with Gasteiger partial charge in [-0.25, -0.2) is 0 Å². The highest BCUT2D eigenvalue weighted by atomic mass is 127. The normalized spacial score (nSPS) is 24.2. The Bertz CT molecular complexity index is 165. The van der Waals surface area contributed by atoms with Crippen LogP contribution in [0.1, 0.15) is 12.8 Å². The minimum atomic E-state index is 0.152. The minimum absolute atomic E-state index is 0.152. The lowest BCUT2D eigenvalue weighted by atomic mass is 10.1. The highest BCUT2D eigenvalue weighted by Crippen LogP contribution is 2.07. The summed E-state index contributed by atoms with van der Waals surface area (Å²) in [5, 5.41) is 0. The Kier molecular flexibility index (Phi) is 4.24. The zero-order valence-corrected chi connectivity index (χ0v) is 9.08. The molecule has 0 aromatic heterocycles. The number of carbonyl (C=O) groups is 1. The summed E-state index contributed by atoms with van der Waals surface area (Å²) in [6.07, 6.45) is 2.08. The molecule has 0 aliphatic carbocycles. The van der Waals surface area contributed by atoms with Gasteiger partial charge in [0.25, 0.3) is 0 Å². The molecular weight excluding hydrogens is 269 g/mol. The van der Waals surface area contributed by atoms with Gasteiger partial charge in [0.05, 0.1) is 6.54 Å². The summed E-state index contributed by atoms with van der Waals surface area (Å²) >= 11 is 1.98. The lowest BCUT2D eigenvalue weighted by Crippen LogP contribution is -2.47. The van der Waals surface area contributed by atoms with Gasteiger partial charge in [0.1, 0.15) is 0 Å². The van der Waals surface area contributed by atoms with Crippen LogP contribution in [0, 0.1) is 0 Å². The van der Waals surface area contributed by atoms with Crippen molar-refractivity contribution in [3.63, 3.8) is 0 Å². The maximum Gasteiger partial charge on any atom is 0.237 e. The molecule has 1 rings (SSSR count). The van der Waals surface area contributed by atoms with E-state index >= 15 is 0 Å². The van der Waals surface area contributed by atoms with Crippen molar-refractivity contribution in [3.05, 3.63) is 0 Å². The van der Waals surface area contributed by atoms with E-state index in [4.69, 9.17) is 5.73 Å². The molecule has 70 valence electrons. The van der Waals surface area contributed by atoms with Crippen LogP contribution in [0.3, 0.4) is 0 Å². The molecule has 0 aromatic rings. The minimum Gasteiger partial charge on any atom is -0.340 e. The van der Waals surface area contributed by atoms with Crippen molar-refractivity contribution in [1.82, 2.24) is 8.43 Å². The van der Waals surface area contributed by atoms with Gasteiger partial charge in [-0.15, -0.1) is 0 Å². The van der Waals surface area contributed by atoms with Gasteiger partial charge in [0.2, 0.25) is 5.91 Å². The largest absolute Gasteiger partial charge is 0.340 e. The van der Waals surface area contributed by atoms with Gasteiger partial charge in [-0.2, -0.15) is 0 Å². The van der Waals surface area contributed by atoms with Crippen molar-refractivity contribution in [2.45, 2.75) is 18.9 Å². The molecule has 1 aliphatic rings. The molecule has 3 N–H and O–H groups in total. The van der Waals surface area contributed by atoms with Gasteiger partial charge in [0.15, 0.2) is 0 Å². The third-order valence-corrected chi connectivity index (χ3v) is 2.41. The second-order valence-corrected chi connectivity index (χ2v) is 3.82. The first kappa shape index (κ1) is 10.2. The Hall–Kier alpha value is 0.120. The maximum absolute atomic E-state index is 11.3. The Balaban J connectivity index is 2.35. The summed E-state index contributed by atoms with van der Waals surface area (Å²) in [5.74, 6) is 0.152. The molecule has 1 aliphatic heterocycles. The lowest BCUT2D eigenvalue weighted by molar-refractivity contribution is -0.130. The number of carbonyl (C=O) groups excluding carboxylic acids is 1. The fraction of sp³-hybridized carbons (Fsp3) is 0.857. The number of nitrogens with one attached hydrogen (secondary N) is 1. The quantitative estimate of drug-likeness (QED) is 0.548. The first-order chi connectivity index (χ1) is 5.74. The molecule has 0 radical (unpaired) electrons. The van der Waals surface area contributed by atoms with E-state index in [9.17, 15) is 4.79 Å². The van der Waals surface area contributed by atoms with Crippen molar-refractivity contribution >= 4 is 28.8 Å². The van der Waals surface area contributed by atoms with Crippen molar-refractivity contribution in [3.8, 4) is 0 Å². The van der Waals surface area contributed by atoms with Crippen LogP contribution in [0.5, 0.6) is 0 Å². The Morgan fingerprint density at radius 2 is 2.50 bits per heavy atom. The highest BCUT2D eigenvalue weighted by molar-refractivity contribution is 14.1. The third kappa shape index (κ3) is 2.87. The number of amides is 1. The molecule has 1 fully saturated rings. The molecule has 0 unspecified atom stereocenters. The molecule has 1 atom stereocenters. The maximum atomic E-state index is 11.3. The molecule has 5 heteroatoms. The van der Waals surface area contributed by atoms with E-state index in [1.807, 2.05) is 27.8 Å². The van der Waals surface area contributed by atoms with Crippen LogP contribution in [0.15, 0.2) is 0 Å². The summed E-state index contributed by atoms with van der Waals surface area (Å²) in [4.78, 5) is 13.2. The Morgan fingerprint density at radius 3 is 3.08 bits per heavy atom. The highest BCUT2D eigenvalue weighted by Gasteiger charge is 2.20. The standard InChI is InChI=1S/C7H14IN3O/c8-10-4-7(12)11-3-1-2-6(9)5-11/h6,10H,1-5,9H2/t6-/m1/s1. The molecular formula is C7H14IN3O. The van der Waals surface area contributed by atoms with Gasteiger partial charge in [-0.1, -0.05) is 0 Å². The topological polar surface area (TPSA) is 58.4 Å². The van der Waals surface area contributed by atoms with Crippen LogP contribution in [0.2, 0.25) is 0 Å². The van der Waals surface area contributed by atoms with Crippen molar-refractivity contribution in [2.75, 3.05) is 19.6 Å². The monoisotopic (exact) mass is 283 g/mol. The number of hydrogen-bond donors (Lipinski definition) is 2. The summed E-state index contributed by atoms with van der Waals surface area (Å²) in [7, 11) is 0. The first-order valence-corrected chi connectivity index (χ1v) is 5.18. The van der Waals surface area contributed by atoms with Crippen molar-refractivity contribution in [2.24, 2.45) is 5.73 Å². The number of hydrogen-bond acceptors (Lipinski definition) is 3. The smallest absolute Gasteiger partial charge is 0.237 e. The summed E-state index contributed by atoms with van der Waals surface area (Å²) in [5.41, 5.74) is 5.74. The number of nitrogens with zero attached hydrogens (tertiary/aromatic N) is 1. The van der Waals surface area contributed by atoms with Crippen LogP contribution in [0.4, 0.5) is 0 Å². The molecule has 4 nitrogen and oxygen atoms in total. The van der Waals surface area contributed by atoms with Crippen molar-refractivity contribution < 1.29 is 4.79 Å². The molecule has 12 heavy (non-hydrogen) atoms. The predicted molar refractivity (Wildman–Crippen MR) is 55.8 cm³/mol. The van der Waals surface area contributed by atoms with Crippen LogP contribution >= 0.6 is 22.9 Å². The van der Waals surface area contributed by atoms with E-state index in [1.165, 1.54) is 0 Å². The van der Waals surface area contributed by atoms with Crippen LogP contribution < -0.4 is 9.26 Å². The van der Waals surface area contributed by atoms with E-state index in [1.54, 1.807) is 0 Å². The number of rotatable bonds is 2. The van der Waals surface area contributed by atoms with E-state index in [-0.39, 0.29) is 11.9 Å². The molecule has 1 saturated heterocycles. The van der Waals surface area contributed by atoms with Crippen LogP contribution in [0.25, 0.3) is 0 Å². The molecule has 0 spiro atoms. The number of likely N-dealkylation sites (tertiary alicyclic amines) is 1. The zero-order valence-electron chi connectivity index (χ0n) is 6.92. The average molecular weight is 283 g/mol. The molecule has 0 bridgehead atoms. The Morgan fingerprint density at radius 1 is 1.75 bits per heavy atom. The van der Waals surface area contributed by atoms with Crippen LogP contribution in [-0.4, -0.2) is 36.5 Å². The van der Waals surface area contributed by atoms with E-state index < -0.39 is 0 Å². The fourth-order valence-electron chi connectivity index (χ4n) is 1.41. The zero-order chi connectivity index (χ0) is 8.97. The second kappa shape index (κ2) is 4.98. The van der Waals surface area contributed by atoms with E-state index in [2.05, 4.69) is 3.53 Å². The first-order valence-electron chi connectivity index (χ1n) is 4.11. The van der Waals surface area contributed by atoms with E-state index in [0.29, 0.717) is 6.54 Å². The molecule has 0 aromatic carbocycles. The van der Waals surface area contributed by atoms with Gasteiger partial charge in [0, 0.05) is 42.0 Å². The predicted octanol–water partition coefficient (Wildman–Crippen LogP) is -0.124. The Labute approximate surface area is 86.4 Å². The van der Waals surface area contributed by atoms with Crippen LogP contribution in [-0.2, 0) is 4.79 Å². The molecule has 1 amide bonds. The molecule has 1 heterocycles. The summed E-state index contributed by atoms with van der Waals surface area (Å²) < 4.78 is 2.82. The number of nitrogens with two attached hydrogens (primary N) is 1. The number of halogens is 1. The molecule has 0 saturated carbocycles. The van der Waals surface area contributed by atoms with Crippen molar-refractivity contribution in [1.29, 1.82) is 0 Å². The van der Waals surface area contributed by atoms with Gasteiger partial charge in [-0.05, 0) is 12.8 Å². The van der Waals surface area contributed by atoms with E-state index in [0.717, 1.165) is 25.9 Å². The fourth-order valence-corrected chi connectivity index (χ4v) is 1.73. The second-order valence-electron chi connectivity index (χ2n) is 3.05. The number of piperidine rings is 1. The van der Waals surface area contributed by atoms with Gasteiger partial charge >= 0.3 is 0 Å². The van der Waals surface area contributed by atoms with Gasteiger partial charge in [-0.3, -0.25) is 8.32 Å².